The van der Waals surface area contributed by atoms with Crippen LogP contribution in [0.2, 0.25) is 0 Å². The quantitative estimate of drug-likeness (QED) is 0.593. The Morgan fingerprint density at radius 3 is 2.72 bits per heavy atom. The number of carbonyl (C=O) groups excluding carboxylic acids is 1. The van der Waals surface area contributed by atoms with E-state index in [0.29, 0.717) is 19.0 Å². The highest BCUT2D eigenvalue weighted by atomic mass is 16.3. The summed E-state index contributed by atoms with van der Waals surface area (Å²) >= 11 is 0. The first-order chi connectivity index (χ1) is 14.0. The predicted molar refractivity (Wildman–Crippen MR) is 110 cm³/mol. The molecule has 9 nitrogen and oxygen atoms in total. The van der Waals surface area contributed by atoms with Crippen LogP contribution in [0.1, 0.15) is 13.8 Å². The lowest BCUT2D eigenvalue weighted by molar-refractivity contribution is 0.152. The smallest absolute Gasteiger partial charge is 0.321 e. The number of amides is 2. The summed E-state index contributed by atoms with van der Waals surface area (Å²) in [7, 11) is 0. The Morgan fingerprint density at radius 1 is 1.24 bits per heavy atom. The van der Waals surface area contributed by atoms with Crippen molar-refractivity contribution in [3.63, 3.8) is 0 Å². The van der Waals surface area contributed by atoms with Crippen molar-refractivity contribution in [1.82, 2.24) is 25.1 Å². The van der Waals surface area contributed by atoms with Gasteiger partial charge in [-0.25, -0.2) is 14.8 Å². The number of rotatable bonds is 6. The van der Waals surface area contributed by atoms with Crippen molar-refractivity contribution in [1.29, 1.82) is 0 Å². The molecule has 1 fully saturated rings. The second kappa shape index (κ2) is 7.51. The van der Waals surface area contributed by atoms with Crippen LogP contribution in [-0.2, 0) is 5.54 Å². The molecule has 0 spiro atoms. The van der Waals surface area contributed by atoms with E-state index in [4.69, 9.17) is 0 Å². The molecule has 2 aromatic heterocycles. The van der Waals surface area contributed by atoms with E-state index in [2.05, 4.69) is 25.7 Å². The van der Waals surface area contributed by atoms with E-state index in [1.54, 1.807) is 22.0 Å². The summed E-state index contributed by atoms with van der Waals surface area (Å²) in [5, 5.41) is 19.7. The van der Waals surface area contributed by atoms with Crippen LogP contribution < -0.4 is 15.5 Å². The summed E-state index contributed by atoms with van der Waals surface area (Å²) in [4.78, 5) is 22.3. The Labute approximate surface area is 168 Å². The minimum absolute atomic E-state index is 0.0187. The fraction of sp³-hybridized carbons (Fsp3) is 0.300. The molecule has 2 amide bonds. The number of aromatic nitrogens is 4. The summed E-state index contributed by atoms with van der Waals surface area (Å²) in [5.74, 6) is 0.451. The summed E-state index contributed by atoms with van der Waals surface area (Å²) in [6.45, 7) is 5.11. The van der Waals surface area contributed by atoms with Crippen molar-refractivity contribution in [2.75, 3.05) is 29.9 Å². The van der Waals surface area contributed by atoms with Gasteiger partial charge >= 0.3 is 6.03 Å². The van der Waals surface area contributed by atoms with Gasteiger partial charge < -0.3 is 15.7 Å². The second-order valence-corrected chi connectivity index (χ2v) is 7.47. The zero-order chi connectivity index (χ0) is 20.4. The van der Waals surface area contributed by atoms with Gasteiger partial charge in [0.25, 0.3) is 0 Å². The molecule has 3 heterocycles. The van der Waals surface area contributed by atoms with Crippen molar-refractivity contribution >= 4 is 23.4 Å². The van der Waals surface area contributed by atoms with Crippen LogP contribution in [0.3, 0.4) is 0 Å². The molecule has 0 saturated carbocycles. The van der Waals surface area contributed by atoms with E-state index >= 15 is 0 Å². The number of carbonyl (C=O) groups is 1. The first-order valence-corrected chi connectivity index (χ1v) is 9.38. The van der Waals surface area contributed by atoms with Gasteiger partial charge in [0, 0.05) is 36.7 Å². The molecule has 1 saturated heterocycles. The molecule has 0 atom stereocenters. The van der Waals surface area contributed by atoms with E-state index in [0.717, 1.165) is 22.6 Å². The predicted octanol–water partition coefficient (Wildman–Crippen LogP) is 2.34. The normalized spacial score (nSPS) is 14.2. The highest BCUT2D eigenvalue weighted by Gasteiger charge is 2.21. The van der Waals surface area contributed by atoms with Crippen molar-refractivity contribution in [2.24, 2.45) is 0 Å². The summed E-state index contributed by atoms with van der Waals surface area (Å²) in [6, 6.07) is 9.47. The number of hydrogen-bond acceptors (Lipinski definition) is 6. The third kappa shape index (κ3) is 3.90. The third-order valence-corrected chi connectivity index (χ3v) is 4.83. The number of nitrogens with one attached hydrogen (secondary N) is 2. The summed E-state index contributed by atoms with van der Waals surface area (Å²) in [5.41, 5.74) is 2.80. The minimum atomic E-state index is -0.489. The topological polar surface area (TPSA) is 108 Å². The molecule has 4 rings (SSSR count). The Bertz CT molecular complexity index is 1010. The van der Waals surface area contributed by atoms with Gasteiger partial charge in [-0.2, -0.15) is 5.10 Å². The lowest BCUT2D eigenvalue weighted by Gasteiger charge is -2.21. The second-order valence-electron chi connectivity index (χ2n) is 7.47. The van der Waals surface area contributed by atoms with Crippen LogP contribution >= 0.6 is 0 Å². The standard InChI is InChI=1S/C20H23N7O2/c1-20(2,13-28)27-12-15(11-23-27)24-18-21-8-7-17(25-18)14-3-5-16(6-4-14)26-10-9-22-19(26)29/h3-8,11-12,28H,9-10,13H2,1-2H3,(H,22,29)(H,21,24,25). The first-order valence-electron chi connectivity index (χ1n) is 9.38. The molecular weight excluding hydrogens is 370 g/mol. The molecule has 29 heavy (non-hydrogen) atoms. The van der Waals surface area contributed by atoms with Crippen LogP contribution in [0.5, 0.6) is 0 Å². The summed E-state index contributed by atoms with van der Waals surface area (Å²) in [6.07, 6.45) is 5.17. The van der Waals surface area contributed by atoms with Crippen molar-refractivity contribution < 1.29 is 9.90 Å². The van der Waals surface area contributed by atoms with Crippen LogP contribution in [0.15, 0.2) is 48.9 Å². The van der Waals surface area contributed by atoms with E-state index < -0.39 is 5.54 Å². The Balaban J connectivity index is 1.51. The Hall–Kier alpha value is -3.46. The van der Waals surface area contributed by atoms with Gasteiger partial charge in [0.1, 0.15) is 0 Å². The Kier molecular flexibility index (Phi) is 4.89. The minimum Gasteiger partial charge on any atom is -0.394 e. The van der Waals surface area contributed by atoms with Crippen LogP contribution in [0.25, 0.3) is 11.3 Å². The van der Waals surface area contributed by atoms with Gasteiger partial charge in [0.05, 0.1) is 29.7 Å². The zero-order valence-corrected chi connectivity index (χ0v) is 16.3. The van der Waals surface area contributed by atoms with Crippen molar-refractivity contribution in [3.05, 3.63) is 48.9 Å². The average Bonchev–Trinajstić information content (AvgIpc) is 3.38. The maximum atomic E-state index is 11.8. The number of aliphatic hydroxyl groups excluding tert-OH is 1. The van der Waals surface area contributed by atoms with Gasteiger partial charge in [0.15, 0.2) is 0 Å². The molecular formula is C20H23N7O2. The fourth-order valence-corrected chi connectivity index (χ4v) is 3.03. The molecule has 0 unspecified atom stereocenters. The molecule has 1 aliphatic heterocycles. The molecule has 3 aromatic rings. The molecule has 1 aromatic carbocycles. The number of anilines is 3. The largest absolute Gasteiger partial charge is 0.394 e. The fourth-order valence-electron chi connectivity index (χ4n) is 3.03. The third-order valence-electron chi connectivity index (χ3n) is 4.83. The molecule has 0 aliphatic carbocycles. The van der Waals surface area contributed by atoms with Gasteiger partial charge in [-0.3, -0.25) is 9.58 Å². The van der Waals surface area contributed by atoms with Gasteiger partial charge in [-0.1, -0.05) is 12.1 Å². The van der Waals surface area contributed by atoms with E-state index in [-0.39, 0.29) is 12.6 Å². The Morgan fingerprint density at radius 2 is 2.03 bits per heavy atom. The number of urea groups is 1. The van der Waals surface area contributed by atoms with Gasteiger partial charge in [0.2, 0.25) is 5.95 Å². The molecule has 3 N–H and O–H groups in total. The molecule has 150 valence electrons. The highest BCUT2D eigenvalue weighted by molar-refractivity contribution is 5.94. The van der Waals surface area contributed by atoms with E-state index in [1.807, 2.05) is 50.4 Å². The van der Waals surface area contributed by atoms with Crippen molar-refractivity contribution in [2.45, 2.75) is 19.4 Å². The molecule has 0 bridgehead atoms. The lowest BCUT2D eigenvalue weighted by atomic mass is 10.1. The number of aliphatic hydroxyl groups is 1. The maximum absolute atomic E-state index is 11.8. The van der Waals surface area contributed by atoms with E-state index in [9.17, 15) is 9.90 Å². The van der Waals surface area contributed by atoms with Crippen LogP contribution in [0.4, 0.5) is 22.1 Å². The summed E-state index contributed by atoms with van der Waals surface area (Å²) < 4.78 is 1.70. The van der Waals surface area contributed by atoms with Crippen LogP contribution in [-0.4, -0.2) is 50.6 Å². The monoisotopic (exact) mass is 393 g/mol. The average molecular weight is 393 g/mol. The van der Waals surface area contributed by atoms with Crippen LogP contribution in [0, 0.1) is 0 Å². The first kappa shape index (κ1) is 18.9. The van der Waals surface area contributed by atoms with Gasteiger partial charge in [-0.15, -0.1) is 0 Å². The number of nitrogens with zero attached hydrogens (tertiary/aromatic N) is 5. The maximum Gasteiger partial charge on any atom is 0.321 e. The SMILES string of the molecule is CC(C)(CO)n1cc(Nc2nccc(-c3ccc(N4CCNC4=O)cc3)n2)cn1. The molecule has 0 radical (unpaired) electrons. The van der Waals surface area contributed by atoms with Gasteiger partial charge in [-0.05, 0) is 32.0 Å². The molecule has 9 heteroatoms. The lowest BCUT2D eigenvalue weighted by Crippen LogP contribution is -2.30. The highest BCUT2D eigenvalue weighted by Crippen LogP contribution is 2.24. The van der Waals surface area contributed by atoms with Crippen molar-refractivity contribution in [3.8, 4) is 11.3 Å². The number of benzene rings is 1. The number of hydrogen-bond donors (Lipinski definition) is 3. The van der Waals surface area contributed by atoms with E-state index in [1.165, 1.54) is 0 Å². The molecule has 1 aliphatic rings. The zero-order valence-electron chi connectivity index (χ0n) is 16.3.